The monoisotopic (exact) mass is 387 g/mol. The fourth-order valence-corrected chi connectivity index (χ4v) is 2.67. The van der Waals surface area contributed by atoms with E-state index in [9.17, 15) is 14.9 Å². The number of nitrogens with one attached hydrogen (secondary N) is 1. The molecule has 3 aromatic rings. The van der Waals surface area contributed by atoms with Crippen molar-refractivity contribution in [3.05, 3.63) is 63.8 Å². The number of anilines is 1. The number of ether oxygens (including phenoxy) is 2. The number of carbonyl (C=O) groups excluding carboxylic acids is 1. The predicted octanol–water partition coefficient (Wildman–Crippen LogP) is 3.82. The number of nitrogens with zero attached hydrogens (tertiary/aromatic N) is 2. The van der Waals surface area contributed by atoms with Crippen molar-refractivity contribution < 1.29 is 19.2 Å². The highest BCUT2D eigenvalue weighted by Gasteiger charge is 2.18. The van der Waals surface area contributed by atoms with Crippen molar-refractivity contribution >= 4 is 39.8 Å². The number of methoxy groups -OCH3 is 1. The van der Waals surface area contributed by atoms with Gasteiger partial charge < -0.3 is 14.8 Å². The Morgan fingerprint density at radius 3 is 2.85 bits per heavy atom. The van der Waals surface area contributed by atoms with Gasteiger partial charge >= 0.3 is 0 Å². The summed E-state index contributed by atoms with van der Waals surface area (Å²) >= 11 is 6.12. The molecule has 0 aliphatic heterocycles. The second-order valence-corrected chi connectivity index (χ2v) is 5.83. The molecule has 138 valence electrons. The summed E-state index contributed by atoms with van der Waals surface area (Å²) in [7, 11) is 1.40. The Morgan fingerprint density at radius 2 is 2.11 bits per heavy atom. The third-order valence-electron chi connectivity index (χ3n) is 3.71. The van der Waals surface area contributed by atoms with Crippen molar-refractivity contribution in [3.63, 3.8) is 0 Å². The summed E-state index contributed by atoms with van der Waals surface area (Å²) in [4.78, 5) is 27.0. The van der Waals surface area contributed by atoms with Gasteiger partial charge in [0.2, 0.25) is 0 Å². The zero-order valence-electron chi connectivity index (χ0n) is 14.1. The van der Waals surface area contributed by atoms with Crippen LogP contribution in [0.2, 0.25) is 5.02 Å². The lowest BCUT2D eigenvalue weighted by atomic mass is 10.2. The lowest BCUT2D eigenvalue weighted by Crippen LogP contribution is -2.20. The number of amides is 1. The largest absolute Gasteiger partial charge is 0.496 e. The van der Waals surface area contributed by atoms with Crippen LogP contribution in [-0.4, -0.2) is 29.5 Å². The van der Waals surface area contributed by atoms with Crippen molar-refractivity contribution in [2.24, 2.45) is 0 Å². The molecule has 0 aliphatic carbocycles. The van der Waals surface area contributed by atoms with Gasteiger partial charge in [-0.15, -0.1) is 0 Å². The molecule has 0 bridgehead atoms. The van der Waals surface area contributed by atoms with Gasteiger partial charge in [0.1, 0.15) is 22.7 Å². The zero-order valence-corrected chi connectivity index (χ0v) is 14.9. The highest BCUT2D eigenvalue weighted by atomic mass is 35.5. The van der Waals surface area contributed by atoms with Gasteiger partial charge in [0.05, 0.1) is 23.1 Å². The third kappa shape index (κ3) is 4.06. The minimum Gasteiger partial charge on any atom is -0.496 e. The maximum absolute atomic E-state index is 12.2. The maximum Gasteiger partial charge on any atom is 0.296 e. The summed E-state index contributed by atoms with van der Waals surface area (Å²) in [5.41, 5.74) is 0.294. The first-order chi connectivity index (χ1) is 13.0. The smallest absolute Gasteiger partial charge is 0.296 e. The molecule has 1 N–H and O–H groups in total. The number of benzene rings is 2. The molecule has 8 nitrogen and oxygen atoms in total. The van der Waals surface area contributed by atoms with Gasteiger partial charge in [-0.1, -0.05) is 11.6 Å². The molecule has 2 aromatic carbocycles. The summed E-state index contributed by atoms with van der Waals surface area (Å²) in [6.07, 6.45) is 1.59. The molecule has 0 aliphatic rings. The summed E-state index contributed by atoms with van der Waals surface area (Å²) in [6.45, 7) is -0.351. The number of fused-ring (bicyclic) bond motifs is 1. The van der Waals surface area contributed by atoms with Crippen LogP contribution < -0.4 is 14.8 Å². The Bertz CT molecular complexity index is 1030. The van der Waals surface area contributed by atoms with Crippen LogP contribution >= 0.6 is 11.6 Å². The Hall–Kier alpha value is -3.39. The predicted molar refractivity (Wildman–Crippen MR) is 101 cm³/mol. The van der Waals surface area contributed by atoms with Crippen LogP contribution in [0.1, 0.15) is 0 Å². The Labute approximate surface area is 158 Å². The van der Waals surface area contributed by atoms with E-state index < -0.39 is 10.8 Å². The van der Waals surface area contributed by atoms with E-state index in [0.29, 0.717) is 27.4 Å². The SMILES string of the molecule is COc1ccc(NC(=O)COc2ccc(Cl)c3cccnc23)c([N+](=O)[O-])c1. The van der Waals surface area contributed by atoms with E-state index in [2.05, 4.69) is 10.3 Å². The summed E-state index contributed by atoms with van der Waals surface area (Å²) in [5.74, 6) is 0.145. The summed E-state index contributed by atoms with van der Waals surface area (Å²) < 4.78 is 10.5. The highest BCUT2D eigenvalue weighted by Crippen LogP contribution is 2.30. The van der Waals surface area contributed by atoms with Crippen molar-refractivity contribution in [3.8, 4) is 11.5 Å². The van der Waals surface area contributed by atoms with Crippen LogP contribution in [0.5, 0.6) is 11.5 Å². The van der Waals surface area contributed by atoms with Crippen LogP contribution in [0.25, 0.3) is 10.9 Å². The van der Waals surface area contributed by atoms with E-state index in [1.807, 2.05) is 0 Å². The molecule has 0 saturated heterocycles. The van der Waals surface area contributed by atoms with Gasteiger partial charge in [0.25, 0.3) is 11.6 Å². The van der Waals surface area contributed by atoms with Crippen molar-refractivity contribution in [1.82, 2.24) is 4.98 Å². The van der Waals surface area contributed by atoms with E-state index in [4.69, 9.17) is 21.1 Å². The standard InChI is InChI=1S/C18H14ClN3O5/c1-26-11-4-6-14(15(9-11)22(24)25)21-17(23)10-27-16-7-5-13(19)12-3-2-8-20-18(12)16/h2-9H,10H2,1H3,(H,21,23). The van der Waals surface area contributed by atoms with Crippen LogP contribution in [0.15, 0.2) is 48.7 Å². The molecule has 9 heteroatoms. The van der Waals surface area contributed by atoms with Crippen LogP contribution in [-0.2, 0) is 4.79 Å². The van der Waals surface area contributed by atoms with Gasteiger partial charge in [-0.25, -0.2) is 0 Å². The third-order valence-corrected chi connectivity index (χ3v) is 4.04. The molecule has 0 spiro atoms. The van der Waals surface area contributed by atoms with Gasteiger partial charge in [-0.05, 0) is 36.4 Å². The highest BCUT2D eigenvalue weighted by molar-refractivity contribution is 6.35. The van der Waals surface area contributed by atoms with E-state index in [0.717, 1.165) is 0 Å². The average molecular weight is 388 g/mol. The number of hydrogen-bond acceptors (Lipinski definition) is 6. The molecule has 1 heterocycles. The quantitative estimate of drug-likeness (QED) is 0.509. The molecular weight excluding hydrogens is 374 g/mol. The van der Waals surface area contributed by atoms with Crippen LogP contribution in [0, 0.1) is 10.1 Å². The number of rotatable bonds is 6. The fourth-order valence-electron chi connectivity index (χ4n) is 2.45. The van der Waals surface area contributed by atoms with Crippen LogP contribution in [0.4, 0.5) is 11.4 Å². The molecule has 0 fully saturated rings. The van der Waals surface area contributed by atoms with E-state index >= 15 is 0 Å². The van der Waals surface area contributed by atoms with E-state index in [1.54, 1.807) is 30.5 Å². The first-order valence-electron chi connectivity index (χ1n) is 7.78. The number of nitro groups is 1. The molecule has 0 atom stereocenters. The Morgan fingerprint density at radius 1 is 1.30 bits per heavy atom. The normalized spacial score (nSPS) is 10.4. The fraction of sp³-hybridized carbons (Fsp3) is 0.111. The second kappa shape index (κ2) is 7.88. The zero-order chi connectivity index (χ0) is 19.4. The van der Waals surface area contributed by atoms with Crippen molar-refractivity contribution in [2.45, 2.75) is 0 Å². The average Bonchev–Trinajstić information content (AvgIpc) is 2.68. The second-order valence-electron chi connectivity index (χ2n) is 5.42. The molecular formula is C18H14ClN3O5. The Kier molecular flexibility index (Phi) is 5.37. The summed E-state index contributed by atoms with van der Waals surface area (Å²) in [5, 5.41) is 14.9. The molecule has 1 amide bonds. The Balaban J connectivity index is 1.75. The van der Waals surface area contributed by atoms with E-state index in [-0.39, 0.29) is 18.0 Å². The summed E-state index contributed by atoms with van der Waals surface area (Å²) in [6, 6.07) is 10.9. The van der Waals surface area contributed by atoms with Crippen molar-refractivity contribution in [2.75, 3.05) is 19.0 Å². The van der Waals surface area contributed by atoms with Crippen LogP contribution in [0.3, 0.4) is 0 Å². The van der Waals surface area contributed by atoms with Gasteiger partial charge in [-0.2, -0.15) is 0 Å². The molecule has 3 rings (SSSR count). The van der Waals surface area contributed by atoms with Crippen molar-refractivity contribution in [1.29, 1.82) is 0 Å². The molecule has 0 unspecified atom stereocenters. The first-order valence-corrected chi connectivity index (χ1v) is 8.15. The first kappa shape index (κ1) is 18.4. The number of nitro benzene ring substituents is 1. The molecule has 0 radical (unpaired) electrons. The van der Waals surface area contributed by atoms with Gasteiger partial charge in [0.15, 0.2) is 6.61 Å². The number of halogens is 1. The minimum atomic E-state index is -0.602. The minimum absolute atomic E-state index is 0.0495. The van der Waals surface area contributed by atoms with Gasteiger partial charge in [-0.3, -0.25) is 19.9 Å². The molecule has 0 saturated carbocycles. The lowest BCUT2D eigenvalue weighted by Gasteiger charge is -2.10. The number of hydrogen-bond donors (Lipinski definition) is 1. The van der Waals surface area contributed by atoms with Gasteiger partial charge in [0, 0.05) is 11.6 Å². The number of aromatic nitrogens is 1. The number of pyridine rings is 1. The lowest BCUT2D eigenvalue weighted by molar-refractivity contribution is -0.384. The maximum atomic E-state index is 12.2. The topological polar surface area (TPSA) is 104 Å². The van der Waals surface area contributed by atoms with E-state index in [1.165, 1.54) is 25.3 Å². The molecule has 27 heavy (non-hydrogen) atoms. The number of carbonyl (C=O) groups is 1. The molecule has 1 aromatic heterocycles.